The van der Waals surface area contributed by atoms with Crippen LogP contribution >= 0.6 is 0 Å². The second kappa shape index (κ2) is 9.37. The highest BCUT2D eigenvalue weighted by Crippen LogP contribution is 2.48. The largest absolute Gasteiger partial charge is 0.443 e. The van der Waals surface area contributed by atoms with E-state index in [4.69, 9.17) is 9.88 Å². The molecule has 0 bridgehead atoms. The molecule has 0 saturated carbocycles. The number of benzene rings is 1. The normalized spacial score (nSPS) is 16.3. The van der Waals surface area contributed by atoms with Crippen molar-refractivity contribution in [2.24, 2.45) is 10.6 Å². The maximum atomic E-state index is 13.1. The van der Waals surface area contributed by atoms with Gasteiger partial charge in [-0.3, -0.25) is 4.79 Å². The standard InChI is InChI=1S/C24H40N4O5S/c1-11-12-27-14(2)13-17-15(3)19(28(34(25,31)32)22(30)33-24(8,9)10)16(4)18(20(17)27)26-21(29)23(5,6)7/h14H,11-13H2,1-10H3,(H,26,29)(H2,25,31,32). The van der Waals surface area contributed by atoms with Crippen molar-refractivity contribution in [3.8, 4) is 0 Å². The Morgan fingerprint density at radius 2 is 1.71 bits per heavy atom. The maximum Gasteiger partial charge on any atom is 0.429 e. The van der Waals surface area contributed by atoms with Crippen molar-refractivity contribution >= 4 is 39.3 Å². The van der Waals surface area contributed by atoms with Crippen LogP contribution in [0.4, 0.5) is 21.9 Å². The van der Waals surface area contributed by atoms with Gasteiger partial charge in [0.2, 0.25) is 5.91 Å². The van der Waals surface area contributed by atoms with Gasteiger partial charge in [-0.15, -0.1) is 0 Å². The zero-order valence-electron chi connectivity index (χ0n) is 22.1. The smallest absolute Gasteiger partial charge is 0.429 e. The number of amides is 2. The molecule has 2 rings (SSSR count). The molecule has 2 amide bonds. The van der Waals surface area contributed by atoms with Crippen LogP contribution in [0.3, 0.4) is 0 Å². The lowest BCUT2D eigenvalue weighted by Crippen LogP contribution is -2.45. The molecule has 0 aromatic heterocycles. The van der Waals surface area contributed by atoms with E-state index in [1.54, 1.807) is 55.4 Å². The van der Waals surface area contributed by atoms with E-state index in [-0.39, 0.29) is 17.6 Å². The molecule has 1 unspecified atom stereocenters. The quantitative estimate of drug-likeness (QED) is 0.623. The first-order valence-electron chi connectivity index (χ1n) is 11.6. The second-order valence-electron chi connectivity index (χ2n) is 11.0. The van der Waals surface area contributed by atoms with Gasteiger partial charge in [-0.25, -0.2) is 9.93 Å². The van der Waals surface area contributed by atoms with Crippen LogP contribution in [0.1, 0.15) is 78.5 Å². The molecule has 1 aromatic carbocycles. The molecule has 1 atom stereocenters. The minimum Gasteiger partial charge on any atom is -0.443 e. The van der Waals surface area contributed by atoms with Crippen LogP contribution in [-0.4, -0.2) is 38.6 Å². The third kappa shape index (κ3) is 5.66. The van der Waals surface area contributed by atoms with Crippen molar-refractivity contribution in [3.05, 3.63) is 16.7 Å². The maximum absolute atomic E-state index is 13.1. The third-order valence-corrected chi connectivity index (χ3v) is 6.62. The summed E-state index contributed by atoms with van der Waals surface area (Å²) in [5.41, 5.74) is 1.78. The molecule has 1 aliphatic heterocycles. The Bertz CT molecular complexity index is 1080. The Kier molecular flexibility index (Phi) is 7.69. The van der Waals surface area contributed by atoms with Crippen LogP contribution in [0.15, 0.2) is 0 Å². The number of ether oxygens (including phenoxy) is 1. The van der Waals surface area contributed by atoms with Crippen molar-refractivity contribution < 1.29 is 22.7 Å². The molecule has 1 aliphatic rings. The number of nitrogens with zero attached hydrogens (tertiary/aromatic N) is 2. The third-order valence-electron chi connectivity index (χ3n) is 5.78. The van der Waals surface area contributed by atoms with Gasteiger partial charge < -0.3 is 15.0 Å². The first kappa shape index (κ1) is 27.9. The molecule has 0 aliphatic carbocycles. The summed E-state index contributed by atoms with van der Waals surface area (Å²) in [6, 6.07) is 0.137. The molecular formula is C24H40N4O5S. The molecule has 9 nitrogen and oxygen atoms in total. The fourth-order valence-corrected chi connectivity index (χ4v) is 4.97. The topological polar surface area (TPSA) is 122 Å². The summed E-state index contributed by atoms with van der Waals surface area (Å²) < 4.78 is 31.3. The molecule has 0 fully saturated rings. The summed E-state index contributed by atoms with van der Waals surface area (Å²) in [4.78, 5) is 28.3. The monoisotopic (exact) mass is 496 g/mol. The SMILES string of the molecule is CCCN1c2c(c(C)c(N(C(=O)OC(C)(C)C)S(N)(=O)=O)c(C)c2NC(=O)C(C)(C)C)CC1C. The highest BCUT2D eigenvalue weighted by atomic mass is 32.2. The highest BCUT2D eigenvalue weighted by molar-refractivity contribution is 7.91. The summed E-state index contributed by atoms with van der Waals surface area (Å²) in [7, 11) is -4.53. The van der Waals surface area contributed by atoms with E-state index in [0.29, 0.717) is 27.5 Å². The second-order valence-corrected chi connectivity index (χ2v) is 12.4. The van der Waals surface area contributed by atoms with Crippen LogP contribution in [-0.2, 0) is 26.2 Å². The molecule has 192 valence electrons. The van der Waals surface area contributed by atoms with E-state index in [2.05, 4.69) is 24.1 Å². The van der Waals surface area contributed by atoms with E-state index in [9.17, 15) is 18.0 Å². The molecule has 1 heterocycles. The number of carbonyl (C=O) groups is 2. The van der Waals surface area contributed by atoms with Crippen molar-refractivity contribution in [1.29, 1.82) is 0 Å². The van der Waals surface area contributed by atoms with Gasteiger partial charge in [0.1, 0.15) is 5.60 Å². The van der Waals surface area contributed by atoms with E-state index in [1.165, 1.54) is 0 Å². The summed E-state index contributed by atoms with van der Waals surface area (Å²) in [5.74, 6) is -0.219. The van der Waals surface area contributed by atoms with Gasteiger partial charge in [0.15, 0.2) is 0 Å². The minimum atomic E-state index is -4.53. The Hall–Kier alpha value is -2.33. The van der Waals surface area contributed by atoms with Crippen molar-refractivity contribution in [2.75, 3.05) is 21.1 Å². The zero-order valence-corrected chi connectivity index (χ0v) is 22.9. The van der Waals surface area contributed by atoms with Crippen LogP contribution in [0.2, 0.25) is 0 Å². The van der Waals surface area contributed by atoms with Crippen molar-refractivity contribution in [3.63, 3.8) is 0 Å². The number of rotatable bonds is 5. The average Bonchev–Trinajstić information content (AvgIpc) is 2.95. The van der Waals surface area contributed by atoms with Crippen LogP contribution in [0.5, 0.6) is 0 Å². The zero-order chi connectivity index (χ0) is 26.4. The average molecular weight is 497 g/mol. The van der Waals surface area contributed by atoms with Crippen molar-refractivity contribution in [2.45, 2.75) is 93.7 Å². The summed E-state index contributed by atoms with van der Waals surface area (Å²) in [6.45, 7) is 18.8. The van der Waals surface area contributed by atoms with Crippen LogP contribution < -0.4 is 19.7 Å². The van der Waals surface area contributed by atoms with Gasteiger partial charge >= 0.3 is 16.3 Å². The van der Waals surface area contributed by atoms with E-state index in [0.717, 1.165) is 24.2 Å². The molecule has 0 saturated heterocycles. The fourth-order valence-electron chi connectivity index (χ4n) is 4.20. The first-order chi connectivity index (χ1) is 15.3. The molecule has 0 spiro atoms. The Labute approximate surface area is 204 Å². The number of hydrogen-bond donors (Lipinski definition) is 2. The number of anilines is 3. The van der Waals surface area contributed by atoms with Gasteiger partial charge in [0.05, 0.1) is 17.1 Å². The Morgan fingerprint density at radius 3 is 2.15 bits per heavy atom. The van der Waals surface area contributed by atoms with E-state index < -0.39 is 27.3 Å². The van der Waals surface area contributed by atoms with Gasteiger partial charge in [-0.1, -0.05) is 27.7 Å². The number of nitrogens with one attached hydrogen (secondary N) is 1. The molecule has 0 radical (unpaired) electrons. The molecule has 34 heavy (non-hydrogen) atoms. The van der Waals surface area contributed by atoms with E-state index in [1.807, 2.05) is 0 Å². The number of fused-ring (bicyclic) bond motifs is 1. The first-order valence-corrected chi connectivity index (χ1v) is 13.1. The number of hydrogen-bond acceptors (Lipinski definition) is 6. The molecular weight excluding hydrogens is 456 g/mol. The van der Waals surface area contributed by atoms with Gasteiger partial charge in [-0.2, -0.15) is 12.7 Å². The molecule has 3 N–H and O–H groups in total. The number of nitrogens with two attached hydrogens (primary N) is 1. The minimum absolute atomic E-state index is 0.116. The predicted molar refractivity (Wildman–Crippen MR) is 137 cm³/mol. The molecule has 1 aromatic rings. The van der Waals surface area contributed by atoms with E-state index >= 15 is 0 Å². The highest BCUT2D eigenvalue weighted by Gasteiger charge is 2.39. The Balaban J connectivity index is 2.90. The predicted octanol–water partition coefficient (Wildman–Crippen LogP) is 4.39. The van der Waals surface area contributed by atoms with Crippen LogP contribution in [0.25, 0.3) is 0 Å². The van der Waals surface area contributed by atoms with Gasteiger partial charge in [0, 0.05) is 23.6 Å². The Morgan fingerprint density at radius 1 is 1.15 bits per heavy atom. The number of carbonyl (C=O) groups excluding carboxylic acids is 2. The molecule has 10 heteroatoms. The summed E-state index contributed by atoms with van der Waals surface area (Å²) >= 11 is 0. The van der Waals surface area contributed by atoms with Gasteiger partial charge in [-0.05, 0) is 65.5 Å². The van der Waals surface area contributed by atoms with Gasteiger partial charge in [0.25, 0.3) is 0 Å². The lowest BCUT2D eigenvalue weighted by atomic mass is 9.93. The summed E-state index contributed by atoms with van der Waals surface area (Å²) in [6.07, 6.45) is 0.447. The summed E-state index contributed by atoms with van der Waals surface area (Å²) in [5, 5.41) is 8.56. The lowest BCUT2D eigenvalue weighted by molar-refractivity contribution is -0.123. The fraction of sp³-hybridized carbons (Fsp3) is 0.667. The van der Waals surface area contributed by atoms with Crippen LogP contribution in [0, 0.1) is 19.3 Å². The lowest BCUT2D eigenvalue weighted by Gasteiger charge is -2.32. The van der Waals surface area contributed by atoms with Crippen molar-refractivity contribution in [1.82, 2.24) is 0 Å².